The molecule has 0 atom stereocenters. The van der Waals surface area contributed by atoms with Crippen LogP contribution in [-0.2, 0) is 10.0 Å². The summed E-state index contributed by atoms with van der Waals surface area (Å²) in [5, 5.41) is 13.2. The maximum absolute atomic E-state index is 13.2. The first-order valence-electron chi connectivity index (χ1n) is 9.58. The molecule has 0 aliphatic rings. The molecular weight excluding hydrogens is 448 g/mol. The molecule has 1 heterocycles. The number of aryl methyl sites for hydroxylation is 1. The van der Waals surface area contributed by atoms with Crippen molar-refractivity contribution >= 4 is 33.2 Å². The number of rotatable bonds is 5. The predicted molar refractivity (Wildman–Crippen MR) is 125 cm³/mol. The van der Waals surface area contributed by atoms with Gasteiger partial charge in [0.15, 0.2) is 0 Å². The Morgan fingerprint density at radius 3 is 2.34 bits per heavy atom. The van der Waals surface area contributed by atoms with Gasteiger partial charge in [-0.25, -0.2) is 18.2 Å². The molecule has 0 spiro atoms. The summed E-state index contributed by atoms with van der Waals surface area (Å²) in [7, 11) is -3.92. The van der Waals surface area contributed by atoms with Crippen LogP contribution in [0.5, 0.6) is 0 Å². The Hall–Kier alpha value is -3.46. The van der Waals surface area contributed by atoms with Crippen LogP contribution in [0, 0.1) is 6.92 Å². The van der Waals surface area contributed by atoms with Gasteiger partial charge in [-0.05, 0) is 55.0 Å². The van der Waals surface area contributed by atoms with E-state index >= 15 is 0 Å². The second-order valence-corrected chi connectivity index (χ2v) is 9.11. The molecule has 3 N–H and O–H groups in total. The zero-order valence-corrected chi connectivity index (χ0v) is 18.6. The van der Waals surface area contributed by atoms with Crippen LogP contribution >= 0.6 is 11.6 Å². The van der Waals surface area contributed by atoms with Crippen molar-refractivity contribution in [3.63, 3.8) is 0 Å². The summed E-state index contributed by atoms with van der Waals surface area (Å²) >= 11 is 5.99. The van der Waals surface area contributed by atoms with Gasteiger partial charge in [-0.3, -0.25) is 4.79 Å². The van der Waals surface area contributed by atoms with Gasteiger partial charge in [0.05, 0.1) is 16.3 Å². The molecule has 0 bridgehead atoms. The summed E-state index contributed by atoms with van der Waals surface area (Å²) < 4.78 is 25.2. The number of amides is 1. The summed E-state index contributed by atoms with van der Waals surface area (Å²) in [4.78, 5) is 13.1. The topological polar surface area (TPSA) is 107 Å². The molecule has 1 aromatic heterocycles. The summed E-state index contributed by atoms with van der Waals surface area (Å²) in [5.74, 6) is -0.453. The molecule has 0 aliphatic heterocycles. The zero-order valence-electron chi connectivity index (χ0n) is 17.0. The molecule has 0 saturated carbocycles. The van der Waals surface area contributed by atoms with Gasteiger partial charge in [0.2, 0.25) is 10.0 Å². The number of nitrogens with two attached hydrogens (primary N) is 1. The monoisotopic (exact) mass is 466 g/mol. The molecule has 162 valence electrons. The number of primary sulfonamides is 1. The minimum atomic E-state index is -3.92. The average molecular weight is 467 g/mol. The predicted octanol–water partition coefficient (Wildman–Crippen LogP) is 4.40. The van der Waals surface area contributed by atoms with E-state index in [1.165, 1.54) is 10.7 Å². The number of nitrogens with one attached hydrogen (secondary N) is 1. The fourth-order valence-corrected chi connectivity index (χ4v) is 4.18. The fraction of sp³-hybridized carbons (Fsp3) is 0.0435. The first-order chi connectivity index (χ1) is 15.2. The summed E-state index contributed by atoms with van der Waals surface area (Å²) in [6, 6.07) is 22.6. The van der Waals surface area contributed by atoms with Crippen LogP contribution in [0.3, 0.4) is 0 Å². The van der Waals surface area contributed by atoms with E-state index in [0.29, 0.717) is 27.7 Å². The molecule has 0 saturated heterocycles. The van der Waals surface area contributed by atoms with Gasteiger partial charge in [-0.2, -0.15) is 5.10 Å². The number of nitrogens with zero attached hydrogens (tertiary/aromatic N) is 2. The van der Waals surface area contributed by atoms with Crippen molar-refractivity contribution in [3.05, 3.63) is 95.1 Å². The number of benzene rings is 3. The number of para-hydroxylation sites is 1. The lowest BCUT2D eigenvalue weighted by atomic mass is 10.1. The molecule has 9 heteroatoms. The van der Waals surface area contributed by atoms with Gasteiger partial charge in [0, 0.05) is 16.3 Å². The van der Waals surface area contributed by atoms with Gasteiger partial charge in [0.25, 0.3) is 5.91 Å². The third-order valence-electron chi connectivity index (χ3n) is 4.84. The van der Waals surface area contributed by atoms with E-state index in [9.17, 15) is 13.2 Å². The lowest BCUT2D eigenvalue weighted by molar-refractivity contribution is 0.101. The number of anilines is 1. The van der Waals surface area contributed by atoms with Crippen LogP contribution in [0.4, 0.5) is 5.69 Å². The molecule has 4 aromatic rings. The van der Waals surface area contributed by atoms with Crippen molar-refractivity contribution in [2.24, 2.45) is 5.14 Å². The number of carbonyl (C=O) groups excluding carboxylic acids is 1. The molecule has 3 aromatic carbocycles. The van der Waals surface area contributed by atoms with Crippen molar-refractivity contribution < 1.29 is 13.2 Å². The lowest BCUT2D eigenvalue weighted by Crippen LogP contribution is -2.18. The minimum absolute atomic E-state index is 0.0475. The highest BCUT2D eigenvalue weighted by Crippen LogP contribution is 2.25. The largest absolute Gasteiger partial charge is 0.321 e. The summed E-state index contributed by atoms with van der Waals surface area (Å²) in [6.07, 6.45) is 0. The van der Waals surface area contributed by atoms with Crippen LogP contribution in [0.1, 0.15) is 16.1 Å². The molecule has 0 radical (unpaired) electrons. The van der Waals surface area contributed by atoms with Crippen LogP contribution in [-0.4, -0.2) is 24.1 Å². The maximum atomic E-state index is 13.2. The van der Waals surface area contributed by atoms with Crippen LogP contribution in [0.2, 0.25) is 5.02 Å². The van der Waals surface area contributed by atoms with E-state index in [1.807, 2.05) is 42.5 Å². The Morgan fingerprint density at radius 1 is 1.00 bits per heavy atom. The van der Waals surface area contributed by atoms with Crippen molar-refractivity contribution in [2.45, 2.75) is 11.8 Å². The van der Waals surface area contributed by atoms with Crippen LogP contribution in [0.25, 0.3) is 16.9 Å². The van der Waals surface area contributed by atoms with E-state index in [-0.39, 0.29) is 10.6 Å². The van der Waals surface area contributed by atoms with Gasteiger partial charge in [-0.15, -0.1) is 0 Å². The molecular formula is C23H19ClN4O3S. The van der Waals surface area contributed by atoms with Gasteiger partial charge >= 0.3 is 0 Å². The average Bonchev–Trinajstić information content (AvgIpc) is 3.21. The Balaban J connectivity index is 1.75. The van der Waals surface area contributed by atoms with Crippen molar-refractivity contribution in [3.8, 4) is 16.9 Å². The smallest absolute Gasteiger partial charge is 0.274 e. The van der Waals surface area contributed by atoms with Crippen LogP contribution in [0.15, 0.2) is 83.8 Å². The highest BCUT2D eigenvalue weighted by atomic mass is 35.5. The van der Waals surface area contributed by atoms with Crippen LogP contribution < -0.4 is 10.5 Å². The normalized spacial score (nSPS) is 11.3. The molecule has 0 fully saturated rings. The number of hydrogen-bond acceptors (Lipinski definition) is 4. The molecule has 0 unspecified atom stereocenters. The maximum Gasteiger partial charge on any atom is 0.274 e. The second kappa shape index (κ2) is 8.58. The fourth-order valence-electron chi connectivity index (χ4n) is 3.25. The third-order valence-corrected chi connectivity index (χ3v) is 6.14. The summed E-state index contributed by atoms with van der Waals surface area (Å²) in [5.41, 5.74) is 3.16. The Morgan fingerprint density at radius 2 is 1.69 bits per heavy atom. The highest BCUT2D eigenvalue weighted by molar-refractivity contribution is 7.89. The van der Waals surface area contributed by atoms with E-state index in [4.69, 9.17) is 16.7 Å². The molecule has 7 nitrogen and oxygen atoms in total. The number of hydrogen-bond donors (Lipinski definition) is 2. The van der Waals surface area contributed by atoms with E-state index in [0.717, 1.165) is 5.56 Å². The Bertz CT molecular complexity index is 1400. The standard InChI is InChI=1S/C23H19ClN4O3S/c1-15-7-12-18(13-22(15)32(25,30)31)26-23(29)21-14-20(16-8-10-17(24)11-9-16)27-28(21)19-5-3-2-4-6-19/h2-14H,1H3,(H,26,29)(H2,25,30,31). The van der Waals surface area contributed by atoms with E-state index < -0.39 is 15.9 Å². The number of aromatic nitrogens is 2. The van der Waals surface area contributed by atoms with E-state index in [2.05, 4.69) is 10.4 Å². The number of sulfonamides is 1. The minimum Gasteiger partial charge on any atom is -0.321 e. The van der Waals surface area contributed by atoms with Gasteiger partial charge in [0.1, 0.15) is 5.69 Å². The zero-order chi connectivity index (χ0) is 22.9. The highest BCUT2D eigenvalue weighted by Gasteiger charge is 2.19. The molecule has 32 heavy (non-hydrogen) atoms. The number of carbonyl (C=O) groups is 1. The van der Waals surface area contributed by atoms with E-state index in [1.54, 1.807) is 37.3 Å². The van der Waals surface area contributed by atoms with Crippen molar-refractivity contribution in [1.82, 2.24) is 9.78 Å². The first-order valence-corrected chi connectivity index (χ1v) is 11.5. The lowest BCUT2D eigenvalue weighted by Gasteiger charge is -2.10. The number of halogens is 1. The molecule has 0 aliphatic carbocycles. The molecule has 1 amide bonds. The first kappa shape index (κ1) is 21.8. The second-order valence-electron chi connectivity index (χ2n) is 7.15. The Kier molecular flexibility index (Phi) is 5.84. The van der Waals surface area contributed by atoms with Gasteiger partial charge in [-0.1, -0.05) is 48.0 Å². The van der Waals surface area contributed by atoms with Crippen molar-refractivity contribution in [2.75, 3.05) is 5.32 Å². The quantitative estimate of drug-likeness (QED) is 0.454. The summed E-state index contributed by atoms with van der Waals surface area (Å²) in [6.45, 7) is 1.63. The Labute approximate surface area is 190 Å². The molecule has 4 rings (SSSR count). The SMILES string of the molecule is Cc1ccc(NC(=O)c2cc(-c3ccc(Cl)cc3)nn2-c2ccccc2)cc1S(N)(=O)=O. The van der Waals surface area contributed by atoms with Crippen molar-refractivity contribution in [1.29, 1.82) is 0 Å². The third kappa shape index (κ3) is 4.57. The van der Waals surface area contributed by atoms with Gasteiger partial charge < -0.3 is 5.32 Å².